The van der Waals surface area contributed by atoms with Gasteiger partial charge in [-0.25, -0.2) is 8.42 Å². The van der Waals surface area contributed by atoms with Crippen molar-refractivity contribution in [3.05, 3.63) is 95.1 Å². The minimum absolute atomic E-state index is 0.101. The van der Waals surface area contributed by atoms with Gasteiger partial charge in [0.1, 0.15) is 12.4 Å². The standard InChI is InChI=1S/C25H25F3N2O4S/c1-18-5-3-4-6-23(18)34-16-15-29-24(31)20-9-7-19(8-10-20)17-30(35(2,32)33)22-13-11-21(12-14-22)25(26,27)28/h3-14H,15-17H2,1-2H3,(H,29,31). The minimum atomic E-state index is -4.52. The number of para-hydroxylation sites is 1. The van der Waals surface area contributed by atoms with Gasteiger partial charge in [-0.1, -0.05) is 30.3 Å². The lowest BCUT2D eigenvalue weighted by molar-refractivity contribution is -0.137. The molecule has 0 fully saturated rings. The number of carbonyl (C=O) groups excluding carboxylic acids is 1. The first kappa shape index (κ1) is 26.1. The molecule has 0 saturated carbocycles. The van der Waals surface area contributed by atoms with Gasteiger partial charge in [-0.05, 0) is 60.5 Å². The van der Waals surface area contributed by atoms with E-state index in [1.165, 1.54) is 0 Å². The number of nitrogens with zero attached hydrogens (tertiary/aromatic N) is 1. The number of benzene rings is 3. The summed E-state index contributed by atoms with van der Waals surface area (Å²) < 4.78 is 69.7. The van der Waals surface area contributed by atoms with Crippen LogP contribution in [0.4, 0.5) is 18.9 Å². The first-order chi connectivity index (χ1) is 16.4. The molecule has 0 aromatic heterocycles. The number of halogens is 3. The summed E-state index contributed by atoms with van der Waals surface area (Å²) in [4.78, 5) is 12.4. The van der Waals surface area contributed by atoms with Gasteiger partial charge in [0.15, 0.2) is 0 Å². The van der Waals surface area contributed by atoms with Crippen molar-refractivity contribution in [1.82, 2.24) is 5.32 Å². The number of nitrogens with one attached hydrogen (secondary N) is 1. The van der Waals surface area contributed by atoms with E-state index < -0.39 is 21.8 Å². The summed E-state index contributed by atoms with van der Waals surface area (Å²) in [5.74, 6) is 0.433. The summed E-state index contributed by atoms with van der Waals surface area (Å²) in [5, 5.41) is 2.75. The van der Waals surface area contributed by atoms with Crippen LogP contribution >= 0.6 is 0 Å². The molecule has 0 aliphatic heterocycles. The van der Waals surface area contributed by atoms with Crippen LogP contribution in [0.2, 0.25) is 0 Å². The van der Waals surface area contributed by atoms with Crippen molar-refractivity contribution in [1.29, 1.82) is 0 Å². The molecule has 0 heterocycles. The van der Waals surface area contributed by atoms with Gasteiger partial charge < -0.3 is 10.1 Å². The highest BCUT2D eigenvalue weighted by Crippen LogP contribution is 2.31. The van der Waals surface area contributed by atoms with Gasteiger partial charge in [0.25, 0.3) is 5.91 Å². The second-order valence-corrected chi connectivity index (χ2v) is 9.79. The van der Waals surface area contributed by atoms with Gasteiger partial charge in [-0.3, -0.25) is 9.10 Å². The number of hydrogen-bond acceptors (Lipinski definition) is 4. The molecule has 0 aliphatic rings. The summed E-state index contributed by atoms with van der Waals surface area (Å²) in [6, 6.07) is 17.8. The zero-order chi connectivity index (χ0) is 25.6. The molecule has 10 heteroatoms. The van der Waals surface area contributed by atoms with Crippen LogP contribution in [0.25, 0.3) is 0 Å². The van der Waals surface area contributed by atoms with Crippen LogP contribution in [-0.2, 0) is 22.7 Å². The van der Waals surface area contributed by atoms with Crippen LogP contribution in [0.5, 0.6) is 5.75 Å². The third-order valence-corrected chi connectivity index (χ3v) is 6.30. The maximum atomic E-state index is 12.8. The van der Waals surface area contributed by atoms with Crippen molar-refractivity contribution in [2.45, 2.75) is 19.6 Å². The maximum Gasteiger partial charge on any atom is 0.416 e. The molecular formula is C25H25F3N2O4S. The number of aryl methyl sites for hydroxylation is 1. The predicted octanol–water partition coefficient (Wildman–Crippen LogP) is 4.79. The average molecular weight is 507 g/mol. The van der Waals surface area contributed by atoms with Crippen molar-refractivity contribution in [2.75, 3.05) is 23.7 Å². The van der Waals surface area contributed by atoms with Crippen LogP contribution in [0.1, 0.15) is 27.0 Å². The molecule has 0 aliphatic carbocycles. The first-order valence-corrected chi connectivity index (χ1v) is 12.5. The predicted molar refractivity (Wildman–Crippen MR) is 128 cm³/mol. The number of carbonyl (C=O) groups is 1. The number of alkyl halides is 3. The largest absolute Gasteiger partial charge is 0.491 e. The van der Waals surface area contributed by atoms with Crippen molar-refractivity contribution in [3.8, 4) is 5.75 Å². The fourth-order valence-electron chi connectivity index (χ4n) is 3.29. The normalized spacial score (nSPS) is 11.7. The molecule has 0 atom stereocenters. The second-order valence-electron chi connectivity index (χ2n) is 7.88. The summed E-state index contributed by atoms with van der Waals surface area (Å²) in [7, 11) is -3.77. The Morgan fingerprint density at radius 2 is 1.60 bits per heavy atom. The molecule has 3 rings (SSSR count). The van der Waals surface area contributed by atoms with Gasteiger partial charge in [-0.2, -0.15) is 13.2 Å². The van der Waals surface area contributed by atoms with Crippen LogP contribution in [0, 0.1) is 6.92 Å². The Kier molecular flexibility index (Phi) is 8.06. The zero-order valence-corrected chi connectivity index (χ0v) is 20.0. The fraction of sp³-hybridized carbons (Fsp3) is 0.240. The summed E-state index contributed by atoms with van der Waals surface area (Å²) in [6.07, 6.45) is -3.54. The van der Waals surface area contributed by atoms with Crippen LogP contribution in [0.3, 0.4) is 0 Å². The Hall–Kier alpha value is -3.53. The fourth-order valence-corrected chi connectivity index (χ4v) is 4.18. The lowest BCUT2D eigenvalue weighted by atomic mass is 10.1. The van der Waals surface area contributed by atoms with Crippen molar-refractivity contribution in [3.63, 3.8) is 0 Å². The molecule has 1 amide bonds. The molecule has 0 saturated heterocycles. The van der Waals surface area contributed by atoms with Crippen LogP contribution < -0.4 is 14.4 Å². The highest BCUT2D eigenvalue weighted by molar-refractivity contribution is 7.92. The monoisotopic (exact) mass is 506 g/mol. The van der Waals surface area contributed by atoms with Crippen molar-refractivity contribution in [2.24, 2.45) is 0 Å². The third kappa shape index (κ3) is 7.22. The number of rotatable bonds is 9. The Morgan fingerprint density at radius 1 is 0.971 bits per heavy atom. The number of anilines is 1. The van der Waals surface area contributed by atoms with Gasteiger partial charge in [0.05, 0.1) is 30.6 Å². The molecule has 0 bridgehead atoms. The number of amides is 1. The number of hydrogen-bond donors (Lipinski definition) is 1. The van der Waals surface area contributed by atoms with Gasteiger partial charge >= 0.3 is 6.18 Å². The third-order valence-electron chi connectivity index (χ3n) is 5.16. The molecule has 0 unspecified atom stereocenters. The zero-order valence-electron chi connectivity index (χ0n) is 19.2. The van der Waals surface area contributed by atoms with Gasteiger partial charge in [0, 0.05) is 5.56 Å². The highest BCUT2D eigenvalue weighted by Gasteiger charge is 2.30. The van der Waals surface area contributed by atoms with E-state index >= 15 is 0 Å². The van der Waals surface area contributed by atoms with Crippen LogP contribution in [0.15, 0.2) is 72.8 Å². The van der Waals surface area contributed by atoms with Crippen molar-refractivity contribution < 1.29 is 31.1 Å². The molecule has 3 aromatic carbocycles. The summed E-state index contributed by atoms with van der Waals surface area (Å²) in [6.45, 7) is 2.42. The van der Waals surface area contributed by atoms with E-state index in [1.807, 2.05) is 31.2 Å². The number of ether oxygens (including phenoxy) is 1. The maximum absolute atomic E-state index is 12.8. The molecule has 186 valence electrons. The van der Waals surface area contributed by atoms with E-state index in [0.717, 1.165) is 46.1 Å². The molecule has 0 radical (unpaired) electrons. The molecule has 1 N–H and O–H groups in total. The topological polar surface area (TPSA) is 75.7 Å². The van der Waals surface area contributed by atoms with E-state index in [4.69, 9.17) is 4.74 Å². The quantitative estimate of drug-likeness (QED) is 0.424. The Labute approximate surface area is 202 Å². The highest BCUT2D eigenvalue weighted by atomic mass is 32.2. The minimum Gasteiger partial charge on any atom is -0.491 e. The SMILES string of the molecule is Cc1ccccc1OCCNC(=O)c1ccc(CN(c2ccc(C(F)(F)F)cc2)S(C)(=O)=O)cc1. The lowest BCUT2D eigenvalue weighted by Crippen LogP contribution is -2.29. The molecule has 6 nitrogen and oxygen atoms in total. The number of sulfonamides is 1. The second kappa shape index (κ2) is 10.8. The molecule has 3 aromatic rings. The molecule has 35 heavy (non-hydrogen) atoms. The van der Waals surface area contributed by atoms with E-state index in [1.54, 1.807) is 24.3 Å². The molecular weight excluding hydrogens is 481 g/mol. The van der Waals surface area contributed by atoms with Crippen LogP contribution in [-0.4, -0.2) is 33.7 Å². The van der Waals surface area contributed by atoms with E-state index in [0.29, 0.717) is 24.3 Å². The molecule has 0 spiro atoms. The lowest BCUT2D eigenvalue weighted by Gasteiger charge is -2.23. The van der Waals surface area contributed by atoms with E-state index in [2.05, 4.69) is 5.32 Å². The van der Waals surface area contributed by atoms with Gasteiger partial charge in [0.2, 0.25) is 10.0 Å². The summed E-state index contributed by atoms with van der Waals surface area (Å²) in [5.41, 5.74) is 1.18. The smallest absolute Gasteiger partial charge is 0.416 e. The van der Waals surface area contributed by atoms with Crippen molar-refractivity contribution >= 4 is 21.6 Å². The Balaban J connectivity index is 1.61. The Bertz CT molecular complexity index is 1260. The average Bonchev–Trinajstić information content (AvgIpc) is 2.80. The van der Waals surface area contributed by atoms with E-state index in [-0.39, 0.29) is 18.1 Å². The van der Waals surface area contributed by atoms with E-state index in [9.17, 15) is 26.4 Å². The Morgan fingerprint density at radius 3 is 2.17 bits per heavy atom. The first-order valence-electron chi connectivity index (χ1n) is 10.7. The van der Waals surface area contributed by atoms with Gasteiger partial charge in [-0.15, -0.1) is 0 Å². The summed E-state index contributed by atoms with van der Waals surface area (Å²) >= 11 is 0.